The van der Waals surface area contributed by atoms with Crippen LogP contribution in [0.4, 0.5) is 0 Å². The molecule has 0 aromatic heterocycles. The van der Waals surface area contributed by atoms with Crippen LogP contribution >= 0.6 is 0 Å². The summed E-state index contributed by atoms with van der Waals surface area (Å²) in [4.78, 5) is 2.12. The normalized spacial score (nSPS) is 28.7. The van der Waals surface area contributed by atoms with Crippen molar-refractivity contribution < 1.29 is 0 Å². The number of nitrogens with one attached hydrogen (secondary N) is 1. The van der Waals surface area contributed by atoms with Crippen LogP contribution in [-0.2, 0) is 0 Å². The van der Waals surface area contributed by atoms with E-state index < -0.39 is 17.3 Å². The van der Waals surface area contributed by atoms with Gasteiger partial charge in [0.15, 0.2) is 5.41 Å². The van der Waals surface area contributed by atoms with E-state index in [0.29, 0.717) is 13.1 Å². The summed E-state index contributed by atoms with van der Waals surface area (Å²) in [6.07, 6.45) is 1.99. The van der Waals surface area contributed by atoms with Crippen molar-refractivity contribution in [3.63, 3.8) is 0 Å². The van der Waals surface area contributed by atoms with Crippen molar-refractivity contribution in [3.8, 4) is 18.2 Å². The van der Waals surface area contributed by atoms with E-state index in [-0.39, 0.29) is 11.6 Å². The largest absolute Gasteiger partial charge is 0.305 e. The molecule has 1 heterocycles. The Kier molecular flexibility index (Phi) is 3.94. The fraction of sp³-hybridized carbons (Fsp3) is 0.368. The minimum atomic E-state index is -1.61. The molecule has 1 saturated carbocycles. The summed E-state index contributed by atoms with van der Waals surface area (Å²) in [6.45, 7) is 1.38. The molecule has 1 N–H and O–H groups in total. The quantitative estimate of drug-likeness (QED) is 0.805. The molecule has 3 rings (SSSR count). The van der Waals surface area contributed by atoms with Crippen LogP contribution in [0.2, 0.25) is 0 Å². The Morgan fingerprint density at radius 2 is 1.83 bits per heavy atom. The Balaban J connectivity index is 2.26. The van der Waals surface area contributed by atoms with Gasteiger partial charge < -0.3 is 10.3 Å². The van der Waals surface area contributed by atoms with Gasteiger partial charge in [-0.05, 0) is 18.2 Å². The van der Waals surface area contributed by atoms with Gasteiger partial charge in [0.05, 0.1) is 23.9 Å². The molecule has 5 heteroatoms. The van der Waals surface area contributed by atoms with E-state index >= 15 is 0 Å². The molecule has 0 saturated heterocycles. The summed E-state index contributed by atoms with van der Waals surface area (Å²) in [5.41, 5.74) is 0.0569. The maximum atomic E-state index is 9.86. The smallest absolute Gasteiger partial charge is 0.189 e. The Bertz CT molecular complexity index is 804. The number of hydrogen-bond donors (Lipinski definition) is 1. The van der Waals surface area contributed by atoms with Crippen LogP contribution in [0.5, 0.6) is 0 Å². The third-order valence-corrected chi connectivity index (χ3v) is 5.13. The monoisotopic (exact) mass is 315 g/mol. The van der Waals surface area contributed by atoms with Gasteiger partial charge in [-0.15, -0.1) is 0 Å². The van der Waals surface area contributed by atoms with E-state index in [0.717, 1.165) is 11.1 Å². The predicted molar refractivity (Wildman–Crippen MR) is 88.7 cm³/mol. The fourth-order valence-corrected chi connectivity index (χ4v) is 3.99. The van der Waals surface area contributed by atoms with Crippen LogP contribution in [0.15, 0.2) is 42.0 Å². The molecule has 1 aliphatic heterocycles. The molecule has 1 aromatic rings. The third kappa shape index (κ3) is 2.13. The lowest BCUT2D eigenvalue weighted by Crippen LogP contribution is -2.52. The molecule has 2 aliphatic rings. The molecular weight excluding hydrogens is 298 g/mol. The second-order valence-corrected chi connectivity index (χ2v) is 6.43. The number of fused-ring (bicyclic) bond motifs is 1. The number of benzene rings is 1. The predicted octanol–water partition coefficient (Wildman–Crippen LogP) is 2.46. The molecule has 3 atom stereocenters. The Hall–Kier alpha value is -2.94. The molecule has 0 spiro atoms. The molecule has 5 nitrogen and oxygen atoms in total. The minimum absolute atomic E-state index is 0.0871. The average molecular weight is 315 g/mol. The van der Waals surface area contributed by atoms with Crippen molar-refractivity contribution in [2.24, 2.45) is 17.3 Å². The maximum Gasteiger partial charge on any atom is 0.189 e. The first-order chi connectivity index (χ1) is 11.6. The highest BCUT2D eigenvalue weighted by molar-refractivity contribution is 6.00. The number of likely N-dealkylation sites (N-methyl/N-ethyl adjacent to an activating group) is 1. The molecule has 24 heavy (non-hydrogen) atoms. The summed E-state index contributed by atoms with van der Waals surface area (Å²) >= 11 is 0. The fourth-order valence-electron chi connectivity index (χ4n) is 3.99. The van der Waals surface area contributed by atoms with Gasteiger partial charge in [-0.25, -0.2) is 0 Å². The van der Waals surface area contributed by atoms with E-state index in [1.807, 2.05) is 43.5 Å². The zero-order chi connectivity index (χ0) is 17.3. The molecule has 1 aromatic carbocycles. The Morgan fingerprint density at radius 3 is 2.42 bits per heavy atom. The van der Waals surface area contributed by atoms with Crippen molar-refractivity contribution in [3.05, 3.63) is 47.5 Å². The molecular formula is C19H17N5. The first-order valence-corrected chi connectivity index (χ1v) is 7.83. The molecule has 0 radical (unpaired) electrons. The molecule has 0 bridgehead atoms. The van der Waals surface area contributed by atoms with Crippen molar-refractivity contribution in [1.29, 1.82) is 21.2 Å². The molecule has 1 unspecified atom stereocenters. The summed E-state index contributed by atoms with van der Waals surface area (Å²) in [5.74, 6) is -1.35. The SMILES string of the molecule is CN1CC=C2C(C#N)C(=N)C(C#N)(C#N)[C@@H](c3ccccc3)[C@@H]2C1. The van der Waals surface area contributed by atoms with Crippen molar-refractivity contribution in [2.75, 3.05) is 20.1 Å². The van der Waals surface area contributed by atoms with Gasteiger partial charge >= 0.3 is 0 Å². The van der Waals surface area contributed by atoms with Gasteiger partial charge in [-0.2, -0.15) is 15.8 Å². The van der Waals surface area contributed by atoms with Gasteiger partial charge in [0.25, 0.3) is 0 Å². The van der Waals surface area contributed by atoms with Crippen LogP contribution in [0, 0.1) is 56.7 Å². The van der Waals surface area contributed by atoms with Gasteiger partial charge in [0.2, 0.25) is 0 Å². The van der Waals surface area contributed by atoms with Crippen molar-refractivity contribution in [2.45, 2.75) is 5.92 Å². The third-order valence-electron chi connectivity index (χ3n) is 5.13. The lowest BCUT2D eigenvalue weighted by molar-refractivity contribution is 0.235. The summed E-state index contributed by atoms with van der Waals surface area (Å²) in [7, 11) is 1.98. The summed E-state index contributed by atoms with van der Waals surface area (Å²) in [6, 6.07) is 15.8. The van der Waals surface area contributed by atoms with E-state index in [1.165, 1.54) is 0 Å². The highest BCUT2D eigenvalue weighted by Gasteiger charge is 2.57. The van der Waals surface area contributed by atoms with Gasteiger partial charge in [-0.1, -0.05) is 36.4 Å². The molecule has 118 valence electrons. The lowest BCUT2D eigenvalue weighted by atomic mass is 9.54. The zero-order valence-electron chi connectivity index (χ0n) is 13.4. The van der Waals surface area contributed by atoms with E-state index in [1.54, 1.807) is 0 Å². The van der Waals surface area contributed by atoms with Crippen LogP contribution < -0.4 is 0 Å². The first-order valence-electron chi connectivity index (χ1n) is 7.83. The number of rotatable bonds is 1. The Morgan fingerprint density at radius 1 is 1.17 bits per heavy atom. The molecule has 1 fully saturated rings. The Labute approximate surface area is 141 Å². The summed E-state index contributed by atoms with van der Waals surface area (Å²) in [5, 5.41) is 37.8. The van der Waals surface area contributed by atoms with E-state index in [2.05, 4.69) is 23.1 Å². The first kappa shape index (κ1) is 15.9. The van der Waals surface area contributed by atoms with Crippen LogP contribution in [0.1, 0.15) is 11.5 Å². The number of nitrogens with zero attached hydrogens (tertiary/aromatic N) is 4. The van der Waals surface area contributed by atoms with Crippen LogP contribution in [0.25, 0.3) is 0 Å². The second kappa shape index (κ2) is 5.93. The lowest BCUT2D eigenvalue weighted by Gasteiger charge is -2.47. The van der Waals surface area contributed by atoms with Crippen LogP contribution in [0.3, 0.4) is 0 Å². The summed E-state index contributed by atoms with van der Waals surface area (Å²) < 4.78 is 0. The van der Waals surface area contributed by atoms with Crippen molar-refractivity contribution >= 4 is 5.71 Å². The highest BCUT2D eigenvalue weighted by atomic mass is 15.1. The molecule has 1 aliphatic carbocycles. The van der Waals surface area contributed by atoms with E-state index in [4.69, 9.17) is 5.41 Å². The number of hydrogen-bond acceptors (Lipinski definition) is 5. The van der Waals surface area contributed by atoms with Gasteiger partial charge in [0.1, 0.15) is 5.92 Å². The number of nitriles is 3. The second-order valence-electron chi connectivity index (χ2n) is 6.43. The highest BCUT2D eigenvalue weighted by Crippen LogP contribution is 2.53. The zero-order valence-corrected chi connectivity index (χ0v) is 13.4. The van der Waals surface area contributed by atoms with Gasteiger partial charge in [0, 0.05) is 24.9 Å². The van der Waals surface area contributed by atoms with Crippen molar-refractivity contribution in [1.82, 2.24) is 4.90 Å². The standard InChI is InChI=1S/C19H17N5/c1-24-8-7-14-15(9-20)18(23)19(11-21,12-22)17(16(14)10-24)13-5-3-2-4-6-13/h2-7,15-17,23H,8,10H2,1H3/t15?,16-,17+/m1/s1. The maximum absolute atomic E-state index is 9.86. The van der Waals surface area contributed by atoms with Gasteiger partial charge in [-0.3, -0.25) is 0 Å². The van der Waals surface area contributed by atoms with Crippen LogP contribution in [-0.4, -0.2) is 30.7 Å². The van der Waals surface area contributed by atoms with E-state index in [9.17, 15) is 15.8 Å². The minimum Gasteiger partial charge on any atom is -0.305 e. The topological polar surface area (TPSA) is 98.5 Å². The average Bonchev–Trinajstić information content (AvgIpc) is 2.62. The molecule has 0 amide bonds.